The quantitative estimate of drug-likeness (QED) is 0.821. The Bertz CT molecular complexity index is 376. The Morgan fingerprint density at radius 3 is 3.05 bits per heavy atom. The zero-order chi connectivity index (χ0) is 13.7. The van der Waals surface area contributed by atoms with E-state index in [1.807, 2.05) is 6.26 Å². The molecule has 1 saturated heterocycles. The maximum absolute atomic E-state index is 5.63. The summed E-state index contributed by atoms with van der Waals surface area (Å²) in [7, 11) is 1.79. The lowest BCUT2D eigenvalue weighted by molar-refractivity contribution is 0.106. The fraction of sp³-hybridized carbons (Fsp3) is 0.733. The molecule has 0 bridgehead atoms. The molecule has 1 aliphatic rings. The molecular weight excluding hydrogens is 240 g/mol. The lowest BCUT2D eigenvalue weighted by atomic mass is 10.2. The van der Waals surface area contributed by atoms with E-state index in [-0.39, 0.29) is 0 Å². The van der Waals surface area contributed by atoms with Crippen LogP contribution in [-0.2, 0) is 17.8 Å². The second-order valence-corrected chi connectivity index (χ2v) is 5.83. The van der Waals surface area contributed by atoms with Crippen LogP contribution in [0.1, 0.15) is 31.6 Å². The third-order valence-corrected chi connectivity index (χ3v) is 3.53. The van der Waals surface area contributed by atoms with Crippen LogP contribution in [0.15, 0.2) is 16.7 Å². The summed E-state index contributed by atoms with van der Waals surface area (Å²) < 4.78 is 11.0. The molecule has 4 nitrogen and oxygen atoms in total. The first kappa shape index (κ1) is 14.6. The zero-order valence-corrected chi connectivity index (χ0v) is 12.3. The van der Waals surface area contributed by atoms with E-state index in [0.29, 0.717) is 12.0 Å². The van der Waals surface area contributed by atoms with E-state index in [1.54, 1.807) is 7.11 Å². The number of nitrogens with one attached hydrogen (secondary N) is 1. The number of ether oxygens (including phenoxy) is 1. The minimum atomic E-state index is 0.391. The number of methoxy groups -OCH3 is 1. The van der Waals surface area contributed by atoms with E-state index >= 15 is 0 Å². The molecule has 4 heteroatoms. The van der Waals surface area contributed by atoms with Crippen LogP contribution in [0.3, 0.4) is 0 Å². The summed E-state index contributed by atoms with van der Waals surface area (Å²) in [6.45, 7) is 9.37. The van der Waals surface area contributed by atoms with Crippen molar-refractivity contribution in [3.05, 3.63) is 23.7 Å². The fourth-order valence-electron chi connectivity index (χ4n) is 2.46. The van der Waals surface area contributed by atoms with Gasteiger partial charge in [0.15, 0.2) is 0 Å². The Balaban J connectivity index is 1.74. The normalized spacial score (nSPS) is 20.5. The van der Waals surface area contributed by atoms with Gasteiger partial charge in [0, 0.05) is 32.3 Å². The van der Waals surface area contributed by atoms with Gasteiger partial charge < -0.3 is 14.5 Å². The van der Waals surface area contributed by atoms with Crippen molar-refractivity contribution >= 4 is 0 Å². The van der Waals surface area contributed by atoms with Gasteiger partial charge in [-0.25, -0.2) is 0 Å². The van der Waals surface area contributed by atoms with Gasteiger partial charge in [-0.1, -0.05) is 13.8 Å². The van der Waals surface area contributed by atoms with Crippen LogP contribution in [0.4, 0.5) is 0 Å². The Morgan fingerprint density at radius 2 is 2.37 bits per heavy atom. The average molecular weight is 266 g/mol. The van der Waals surface area contributed by atoms with Crippen LogP contribution < -0.4 is 5.32 Å². The van der Waals surface area contributed by atoms with Gasteiger partial charge in [-0.2, -0.15) is 0 Å². The van der Waals surface area contributed by atoms with Crippen molar-refractivity contribution in [2.45, 2.75) is 39.5 Å². The second kappa shape index (κ2) is 7.08. The zero-order valence-electron chi connectivity index (χ0n) is 12.3. The molecule has 1 aliphatic heterocycles. The highest BCUT2D eigenvalue weighted by atomic mass is 16.5. The lowest BCUT2D eigenvalue weighted by Gasteiger charge is -2.13. The van der Waals surface area contributed by atoms with Crippen LogP contribution in [0, 0.1) is 5.92 Å². The molecule has 1 atom stereocenters. The standard InChI is InChI=1S/C15H26N2O2/c1-12(2)7-16-8-13-6-15(19-11-13)10-17-5-4-14(9-17)18-3/h6,11-12,14,16H,4-5,7-10H2,1-3H3. The summed E-state index contributed by atoms with van der Waals surface area (Å²) in [5.74, 6) is 1.74. The smallest absolute Gasteiger partial charge is 0.118 e. The van der Waals surface area contributed by atoms with Crippen LogP contribution in [0.2, 0.25) is 0 Å². The number of nitrogens with zero attached hydrogens (tertiary/aromatic N) is 1. The maximum atomic E-state index is 5.63. The molecule has 1 aromatic rings. The fourth-order valence-corrected chi connectivity index (χ4v) is 2.46. The molecule has 1 N–H and O–H groups in total. The van der Waals surface area contributed by atoms with Gasteiger partial charge in [0.05, 0.1) is 18.9 Å². The summed E-state index contributed by atoms with van der Waals surface area (Å²) in [6, 6.07) is 2.16. The molecule has 1 aromatic heterocycles. The first-order valence-corrected chi connectivity index (χ1v) is 7.19. The predicted octanol–water partition coefficient (Wildman–Crippen LogP) is 2.25. The topological polar surface area (TPSA) is 37.6 Å². The van der Waals surface area contributed by atoms with Crippen molar-refractivity contribution < 1.29 is 9.15 Å². The third kappa shape index (κ3) is 4.64. The summed E-state index contributed by atoms with van der Waals surface area (Å²) in [4.78, 5) is 2.39. The Morgan fingerprint density at radius 1 is 1.53 bits per heavy atom. The van der Waals surface area contributed by atoms with E-state index in [1.165, 1.54) is 5.56 Å². The van der Waals surface area contributed by atoms with Crippen LogP contribution in [0.5, 0.6) is 0 Å². The monoisotopic (exact) mass is 266 g/mol. The summed E-state index contributed by atoms with van der Waals surface area (Å²) >= 11 is 0. The molecule has 2 heterocycles. The lowest BCUT2D eigenvalue weighted by Crippen LogP contribution is -2.22. The summed E-state index contributed by atoms with van der Waals surface area (Å²) in [5.41, 5.74) is 1.23. The average Bonchev–Trinajstić information content (AvgIpc) is 2.99. The Hall–Kier alpha value is -0.840. The van der Waals surface area contributed by atoms with Crippen LogP contribution in [-0.4, -0.2) is 37.7 Å². The van der Waals surface area contributed by atoms with Gasteiger partial charge in [-0.15, -0.1) is 0 Å². The molecule has 1 fully saturated rings. The molecule has 0 amide bonds. The van der Waals surface area contributed by atoms with Crippen molar-refractivity contribution in [1.29, 1.82) is 0 Å². The van der Waals surface area contributed by atoms with Crippen molar-refractivity contribution in [2.75, 3.05) is 26.7 Å². The molecule has 0 saturated carbocycles. The van der Waals surface area contributed by atoms with Gasteiger partial charge in [0.25, 0.3) is 0 Å². The highest BCUT2D eigenvalue weighted by Gasteiger charge is 2.22. The second-order valence-electron chi connectivity index (χ2n) is 5.83. The number of likely N-dealkylation sites (tertiary alicyclic amines) is 1. The molecule has 19 heavy (non-hydrogen) atoms. The van der Waals surface area contributed by atoms with Gasteiger partial charge in [0.2, 0.25) is 0 Å². The SMILES string of the molecule is COC1CCN(Cc2cc(CNCC(C)C)co2)C1. The van der Waals surface area contributed by atoms with Gasteiger partial charge in [0.1, 0.15) is 5.76 Å². The minimum absolute atomic E-state index is 0.391. The first-order valence-electron chi connectivity index (χ1n) is 7.19. The molecule has 0 spiro atoms. The van der Waals surface area contributed by atoms with Crippen molar-refractivity contribution in [3.8, 4) is 0 Å². The summed E-state index contributed by atoms with van der Waals surface area (Å²) in [6.07, 6.45) is 3.38. The van der Waals surface area contributed by atoms with E-state index in [4.69, 9.17) is 9.15 Å². The van der Waals surface area contributed by atoms with Crippen molar-refractivity contribution in [2.24, 2.45) is 5.92 Å². The molecule has 2 rings (SSSR count). The Labute approximate surface area is 116 Å². The van der Waals surface area contributed by atoms with Gasteiger partial charge in [-0.05, 0) is 24.9 Å². The molecule has 0 aromatic carbocycles. The highest BCUT2D eigenvalue weighted by molar-refractivity contribution is 5.12. The molecule has 0 aliphatic carbocycles. The number of hydrogen-bond donors (Lipinski definition) is 1. The van der Waals surface area contributed by atoms with Crippen LogP contribution >= 0.6 is 0 Å². The Kier molecular flexibility index (Phi) is 5.43. The van der Waals surface area contributed by atoms with Gasteiger partial charge in [-0.3, -0.25) is 4.90 Å². The molecule has 0 radical (unpaired) electrons. The number of rotatable bonds is 7. The van der Waals surface area contributed by atoms with Crippen molar-refractivity contribution in [3.63, 3.8) is 0 Å². The number of hydrogen-bond acceptors (Lipinski definition) is 4. The molecular formula is C15H26N2O2. The largest absolute Gasteiger partial charge is 0.468 e. The van der Waals surface area contributed by atoms with Crippen LogP contribution in [0.25, 0.3) is 0 Å². The van der Waals surface area contributed by atoms with E-state index < -0.39 is 0 Å². The highest BCUT2D eigenvalue weighted by Crippen LogP contribution is 2.17. The van der Waals surface area contributed by atoms with E-state index in [2.05, 4.69) is 30.1 Å². The molecule has 108 valence electrons. The predicted molar refractivity (Wildman–Crippen MR) is 75.9 cm³/mol. The van der Waals surface area contributed by atoms with E-state index in [0.717, 1.165) is 44.9 Å². The number of furan rings is 1. The maximum Gasteiger partial charge on any atom is 0.118 e. The third-order valence-electron chi connectivity index (χ3n) is 3.53. The summed E-state index contributed by atoms with van der Waals surface area (Å²) in [5, 5.41) is 3.43. The van der Waals surface area contributed by atoms with Crippen molar-refractivity contribution in [1.82, 2.24) is 10.2 Å². The first-order chi connectivity index (χ1) is 9.17. The van der Waals surface area contributed by atoms with E-state index in [9.17, 15) is 0 Å². The minimum Gasteiger partial charge on any atom is -0.468 e. The van der Waals surface area contributed by atoms with Gasteiger partial charge >= 0.3 is 0 Å². The molecule has 1 unspecified atom stereocenters.